The maximum Gasteiger partial charge on any atom is 0.338 e. The fraction of sp³-hybridized carbons (Fsp3) is 0.0667. The average molecular weight is 369 g/mol. The average Bonchev–Trinajstić information content (AvgIpc) is 2.37. The van der Waals surface area contributed by atoms with E-state index in [0.29, 0.717) is 5.56 Å². The van der Waals surface area contributed by atoms with Crippen LogP contribution in [0.25, 0.3) is 0 Å². The number of carboxylic acids is 1. The number of hydrogen-bond acceptors (Lipinski definition) is 2. The molecule has 0 unspecified atom stereocenters. The van der Waals surface area contributed by atoms with Crippen molar-refractivity contribution >= 4 is 45.1 Å². The van der Waals surface area contributed by atoms with Gasteiger partial charge in [0.1, 0.15) is 0 Å². The van der Waals surface area contributed by atoms with Crippen LogP contribution in [-0.2, 0) is 0 Å². The number of benzene rings is 2. The molecule has 0 aliphatic carbocycles. The van der Waals surface area contributed by atoms with E-state index in [-0.39, 0.29) is 21.8 Å². The molecule has 2 aromatic rings. The van der Waals surface area contributed by atoms with Crippen LogP contribution in [0, 0.1) is 6.92 Å². The fourth-order valence-corrected chi connectivity index (χ4v) is 2.68. The number of carbonyl (C=O) groups is 2. The quantitative estimate of drug-likeness (QED) is 0.846. The topological polar surface area (TPSA) is 66.4 Å². The van der Waals surface area contributed by atoms with Crippen LogP contribution < -0.4 is 5.32 Å². The van der Waals surface area contributed by atoms with Crippen LogP contribution in [-0.4, -0.2) is 17.0 Å². The van der Waals surface area contributed by atoms with Gasteiger partial charge in [0.25, 0.3) is 5.91 Å². The monoisotopic (exact) mass is 367 g/mol. The van der Waals surface area contributed by atoms with E-state index in [0.717, 1.165) is 4.47 Å². The molecule has 0 bridgehead atoms. The SMILES string of the molecule is Cc1cccc(NC(=O)c2ccc(Br)cc2Cl)c1C(=O)O. The molecule has 0 aromatic heterocycles. The Morgan fingerprint density at radius 1 is 1.24 bits per heavy atom. The van der Waals surface area contributed by atoms with Gasteiger partial charge in [-0.2, -0.15) is 0 Å². The number of aryl methyl sites for hydroxylation is 1. The number of rotatable bonds is 3. The summed E-state index contributed by atoms with van der Waals surface area (Å²) in [6.45, 7) is 1.67. The summed E-state index contributed by atoms with van der Waals surface area (Å²) in [5.74, 6) is -1.55. The normalized spacial score (nSPS) is 10.2. The zero-order chi connectivity index (χ0) is 15.6. The van der Waals surface area contributed by atoms with Crippen LogP contribution in [0.3, 0.4) is 0 Å². The van der Waals surface area contributed by atoms with Gasteiger partial charge in [0.15, 0.2) is 0 Å². The molecule has 0 saturated carbocycles. The number of nitrogens with one attached hydrogen (secondary N) is 1. The zero-order valence-electron chi connectivity index (χ0n) is 11.0. The van der Waals surface area contributed by atoms with E-state index in [2.05, 4.69) is 21.2 Å². The van der Waals surface area contributed by atoms with Crippen molar-refractivity contribution in [2.45, 2.75) is 6.92 Å². The summed E-state index contributed by atoms with van der Waals surface area (Å²) in [6.07, 6.45) is 0. The van der Waals surface area contributed by atoms with Gasteiger partial charge in [-0.15, -0.1) is 0 Å². The van der Waals surface area contributed by atoms with Gasteiger partial charge in [-0.3, -0.25) is 4.79 Å². The fourth-order valence-electron chi connectivity index (χ4n) is 1.92. The van der Waals surface area contributed by atoms with E-state index < -0.39 is 11.9 Å². The minimum atomic E-state index is -1.09. The van der Waals surface area contributed by atoms with Crippen LogP contribution >= 0.6 is 27.5 Å². The Hall–Kier alpha value is -1.85. The van der Waals surface area contributed by atoms with E-state index >= 15 is 0 Å². The smallest absolute Gasteiger partial charge is 0.338 e. The molecule has 0 aliphatic rings. The Bertz CT molecular complexity index is 731. The highest BCUT2D eigenvalue weighted by atomic mass is 79.9. The summed E-state index contributed by atoms with van der Waals surface area (Å²) >= 11 is 9.28. The number of aromatic carboxylic acids is 1. The van der Waals surface area contributed by atoms with Crippen LogP contribution in [0.4, 0.5) is 5.69 Å². The molecule has 0 spiro atoms. The molecule has 0 saturated heterocycles. The molecular weight excluding hydrogens is 358 g/mol. The molecule has 4 nitrogen and oxygen atoms in total. The van der Waals surface area contributed by atoms with E-state index in [1.807, 2.05) is 0 Å². The second-order valence-corrected chi connectivity index (χ2v) is 5.70. The predicted molar refractivity (Wildman–Crippen MR) is 85.2 cm³/mol. The van der Waals surface area contributed by atoms with E-state index in [1.54, 1.807) is 43.3 Å². The highest BCUT2D eigenvalue weighted by Crippen LogP contribution is 2.24. The predicted octanol–water partition coefficient (Wildman–Crippen LogP) is 4.36. The molecule has 0 aliphatic heterocycles. The van der Waals surface area contributed by atoms with Gasteiger partial charge in [-0.1, -0.05) is 39.7 Å². The lowest BCUT2D eigenvalue weighted by Crippen LogP contribution is -2.16. The van der Waals surface area contributed by atoms with Gasteiger partial charge in [0, 0.05) is 4.47 Å². The van der Waals surface area contributed by atoms with Crippen molar-refractivity contribution in [1.29, 1.82) is 0 Å². The van der Waals surface area contributed by atoms with Crippen molar-refractivity contribution in [3.63, 3.8) is 0 Å². The van der Waals surface area contributed by atoms with Gasteiger partial charge >= 0.3 is 5.97 Å². The third-order valence-electron chi connectivity index (χ3n) is 2.91. The van der Waals surface area contributed by atoms with E-state index in [9.17, 15) is 14.7 Å². The van der Waals surface area contributed by atoms with Crippen molar-refractivity contribution in [3.05, 3.63) is 62.6 Å². The number of amides is 1. The largest absolute Gasteiger partial charge is 0.478 e. The molecule has 0 fully saturated rings. The molecule has 2 aromatic carbocycles. The molecule has 0 heterocycles. The highest BCUT2D eigenvalue weighted by molar-refractivity contribution is 9.10. The molecule has 2 rings (SSSR count). The third-order valence-corrected chi connectivity index (χ3v) is 3.72. The maximum atomic E-state index is 12.2. The minimum absolute atomic E-state index is 0.0686. The van der Waals surface area contributed by atoms with Crippen LogP contribution in [0.1, 0.15) is 26.3 Å². The van der Waals surface area contributed by atoms with Gasteiger partial charge < -0.3 is 10.4 Å². The summed E-state index contributed by atoms with van der Waals surface area (Å²) in [6, 6.07) is 9.76. The minimum Gasteiger partial charge on any atom is -0.478 e. The Morgan fingerprint density at radius 3 is 2.57 bits per heavy atom. The molecule has 6 heteroatoms. The lowest BCUT2D eigenvalue weighted by Gasteiger charge is -2.11. The number of hydrogen-bond donors (Lipinski definition) is 2. The number of carbonyl (C=O) groups excluding carboxylic acids is 1. The van der Waals surface area contributed by atoms with E-state index in [1.165, 1.54) is 0 Å². The summed E-state index contributed by atoms with van der Waals surface area (Å²) in [5.41, 5.74) is 1.16. The van der Waals surface area contributed by atoms with Gasteiger partial charge in [-0.25, -0.2) is 4.79 Å². The van der Waals surface area contributed by atoms with Crippen LogP contribution in [0.15, 0.2) is 40.9 Å². The second-order valence-electron chi connectivity index (χ2n) is 4.38. The van der Waals surface area contributed by atoms with Gasteiger partial charge in [0.05, 0.1) is 21.8 Å². The summed E-state index contributed by atoms with van der Waals surface area (Å²) < 4.78 is 0.755. The highest BCUT2D eigenvalue weighted by Gasteiger charge is 2.17. The second kappa shape index (κ2) is 6.28. The number of carboxylic acid groups (broad SMARTS) is 1. The summed E-state index contributed by atoms with van der Waals surface area (Å²) in [5, 5.41) is 12.1. The van der Waals surface area contributed by atoms with Crippen molar-refractivity contribution in [2.75, 3.05) is 5.32 Å². The molecular formula is C15H11BrClNO3. The standard InChI is InChI=1S/C15H11BrClNO3/c1-8-3-2-4-12(13(8)15(20)21)18-14(19)10-6-5-9(16)7-11(10)17/h2-7H,1H3,(H,18,19)(H,20,21). The number of anilines is 1. The third kappa shape index (κ3) is 3.43. The summed E-state index contributed by atoms with van der Waals surface area (Å²) in [4.78, 5) is 23.5. The molecule has 2 N–H and O–H groups in total. The van der Waals surface area contributed by atoms with Gasteiger partial charge in [-0.05, 0) is 36.8 Å². The van der Waals surface area contributed by atoms with Crippen molar-refractivity contribution < 1.29 is 14.7 Å². The first-order valence-corrected chi connectivity index (χ1v) is 7.16. The number of halogens is 2. The molecule has 0 atom stereocenters. The van der Waals surface area contributed by atoms with Crippen molar-refractivity contribution in [3.8, 4) is 0 Å². The van der Waals surface area contributed by atoms with E-state index in [4.69, 9.17) is 11.6 Å². The molecule has 108 valence electrons. The van der Waals surface area contributed by atoms with Crippen LogP contribution in [0.5, 0.6) is 0 Å². The van der Waals surface area contributed by atoms with Crippen molar-refractivity contribution in [2.24, 2.45) is 0 Å². The lowest BCUT2D eigenvalue weighted by molar-refractivity contribution is 0.0697. The van der Waals surface area contributed by atoms with Crippen molar-refractivity contribution in [1.82, 2.24) is 0 Å². The molecule has 0 radical (unpaired) electrons. The first-order chi connectivity index (χ1) is 9.90. The molecule has 21 heavy (non-hydrogen) atoms. The zero-order valence-corrected chi connectivity index (χ0v) is 13.3. The van der Waals surface area contributed by atoms with Gasteiger partial charge in [0.2, 0.25) is 0 Å². The van der Waals surface area contributed by atoms with Crippen LogP contribution in [0.2, 0.25) is 5.02 Å². The first kappa shape index (κ1) is 15.5. The Labute approximate surface area is 134 Å². The Morgan fingerprint density at radius 2 is 1.95 bits per heavy atom. The lowest BCUT2D eigenvalue weighted by atomic mass is 10.1. The Balaban J connectivity index is 2.36. The first-order valence-electron chi connectivity index (χ1n) is 5.99. The molecule has 1 amide bonds. The maximum absolute atomic E-state index is 12.2. The summed E-state index contributed by atoms with van der Waals surface area (Å²) in [7, 11) is 0. The Kier molecular flexibility index (Phi) is 4.65.